The second-order valence-corrected chi connectivity index (χ2v) is 7.33. The second kappa shape index (κ2) is 6.56. The molecule has 0 aromatic heterocycles. The van der Waals surface area contributed by atoms with E-state index in [1.165, 1.54) is 33.4 Å². The highest BCUT2D eigenvalue weighted by Gasteiger charge is 2.43. The summed E-state index contributed by atoms with van der Waals surface area (Å²) in [5.41, 5.74) is 7.58. The van der Waals surface area contributed by atoms with Gasteiger partial charge in [-0.25, -0.2) is 0 Å². The van der Waals surface area contributed by atoms with Gasteiger partial charge in [0, 0.05) is 0 Å². The van der Waals surface area contributed by atoms with Crippen LogP contribution in [0, 0.1) is 27.7 Å². The molecule has 4 rings (SSSR count). The van der Waals surface area contributed by atoms with Crippen molar-refractivity contribution in [3.05, 3.63) is 69.8 Å². The first kappa shape index (κ1) is 16.8. The van der Waals surface area contributed by atoms with Crippen LogP contribution in [0.15, 0.2) is 36.4 Å². The zero-order valence-electron chi connectivity index (χ0n) is 15.4. The average molecular weight is 338 g/mol. The van der Waals surface area contributed by atoms with Crippen LogP contribution in [-0.4, -0.2) is 25.4 Å². The molecule has 0 bridgehead atoms. The Morgan fingerprint density at radius 2 is 1.04 bits per heavy atom. The van der Waals surface area contributed by atoms with Crippen LogP contribution in [0.2, 0.25) is 0 Å². The Morgan fingerprint density at radius 3 is 1.32 bits per heavy atom. The van der Waals surface area contributed by atoms with Crippen molar-refractivity contribution in [2.75, 3.05) is 13.2 Å². The number of ether oxygens (including phenoxy) is 3. The molecule has 0 saturated carbocycles. The van der Waals surface area contributed by atoms with Crippen molar-refractivity contribution in [1.82, 2.24) is 0 Å². The molecule has 2 saturated heterocycles. The smallest absolute Gasteiger partial charge is 0.112 e. The first-order chi connectivity index (χ1) is 12.1. The summed E-state index contributed by atoms with van der Waals surface area (Å²) in [6, 6.07) is 12.8. The minimum atomic E-state index is -0.0468. The van der Waals surface area contributed by atoms with E-state index in [-0.39, 0.29) is 24.4 Å². The molecule has 2 aliphatic heterocycles. The van der Waals surface area contributed by atoms with Crippen LogP contribution in [0.1, 0.15) is 45.6 Å². The number of aryl methyl sites for hydroxylation is 4. The molecule has 0 N–H and O–H groups in total. The molecule has 0 radical (unpaired) electrons. The van der Waals surface area contributed by atoms with E-state index in [9.17, 15) is 0 Å². The zero-order valence-corrected chi connectivity index (χ0v) is 15.4. The molecule has 4 unspecified atom stereocenters. The highest BCUT2D eigenvalue weighted by atomic mass is 16.6. The molecule has 2 aromatic carbocycles. The lowest BCUT2D eigenvalue weighted by Crippen LogP contribution is -2.22. The van der Waals surface area contributed by atoms with Crippen molar-refractivity contribution in [3.63, 3.8) is 0 Å². The molecule has 2 heterocycles. The molecule has 25 heavy (non-hydrogen) atoms. The summed E-state index contributed by atoms with van der Waals surface area (Å²) < 4.78 is 18.1. The van der Waals surface area contributed by atoms with Gasteiger partial charge in [0.1, 0.15) is 24.4 Å². The van der Waals surface area contributed by atoms with E-state index < -0.39 is 0 Å². The number of hydrogen-bond donors (Lipinski definition) is 0. The summed E-state index contributed by atoms with van der Waals surface area (Å²) in [4.78, 5) is 0. The lowest BCUT2D eigenvalue weighted by Gasteiger charge is -2.28. The van der Waals surface area contributed by atoms with Gasteiger partial charge in [-0.05, 0) is 61.1 Å². The van der Waals surface area contributed by atoms with Crippen LogP contribution in [-0.2, 0) is 14.2 Å². The molecule has 0 aliphatic carbocycles. The largest absolute Gasteiger partial charge is 0.370 e. The molecule has 2 fully saturated rings. The predicted molar refractivity (Wildman–Crippen MR) is 97.9 cm³/mol. The third kappa shape index (κ3) is 3.37. The van der Waals surface area contributed by atoms with Gasteiger partial charge in [-0.15, -0.1) is 0 Å². The maximum Gasteiger partial charge on any atom is 0.112 e. The topological polar surface area (TPSA) is 34.3 Å². The summed E-state index contributed by atoms with van der Waals surface area (Å²) in [5.74, 6) is 0. The van der Waals surface area contributed by atoms with Crippen molar-refractivity contribution in [3.8, 4) is 0 Å². The standard InChI is InChI=1S/C22H26O3/c1-13-7-5-8-14(2)19(13)21(17-11-23-17)25-22(18-12-24-18)20-15(3)9-6-10-16(20)4/h5-10,17-18,21-22H,11-12H2,1-4H3. The second-order valence-electron chi connectivity index (χ2n) is 7.33. The maximum atomic E-state index is 6.74. The van der Waals surface area contributed by atoms with Crippen molar-refractivity contribution in [2.24, 2.45) is 0 Å². The normalized spacial score (nSPS) is 24.0. The summed E-state index contributed by atoms with van der Waals surface area (Å²) in [5, 5.41) is 0. The minimum absolute atomic E-state index is 0.0468. The van der Waals surface area contributed by atoms with Gasteiger partial charge in [0.05, 0.1) is 13.2 Å². The number of epoxide rings is 2. The Balaban J connectivity index is 1.71. The third-order valence-corrected chi connectivity index (χ3v) is 5.34. The molecular formula is C22H26O3. The summed E-state index contributed by atoms with van der Waals surface area (Å²) in [7, 11) is 0. The maximum absolute atomic E-state index is 6.74. The molecule has 132 valence electrons. The molecular weight excluding hydrogens is 312 g/mol. The summed E-state index contributed by atoms with van der Waals surface area (Å²) in [6.07, 6.45) is 0.194. The van der Waals surface area contributed by atoms with E-state index in [1.54, 1.807) is 0 Å². The van der Waals surface area contributed by atoms with Gasteiger partial charge in [0.2, 0.25) is 0 Å². The Hall–Kier alpha value is -1.68. The van der Waals surface area contributed by atoms with Crippen molar-refractivity contribution in [2.45, 2.75) is 52.1 Å². The SMILES string of the molecule is Cc1cccc(C)c1C(OC(c1c(C)cccc1C)C1CO1)C1CO1. The quantitative estimate of drug-likeness (QED) is 0.727. The lowest BCUT2D eigenvalue weighted by molar-refractivity contribution is -0.0430. The number of rotatable bonds is 6. The average Bonchev–Trinajstić information content (AvgIpc) is 3.46. The molecule has 2 aromatic rings. The summed E-state index contributed by atoms with van der Waals surface area (Å²) >= 11 is 0. The molecule has 3 heteroatoms. The molecule has 0 spiro atoms. The van der Waals surface area contributed by atoms with Crippen molar-refractivity contribution in [1.29, 1.82) is 0 Å². The van der Waals surface area contributed by atoms with E-state index in [1.807, 2.05) is 0 Å². The first-order valence-corrected chi connectivity index (χ1v) is 9.07. The van der Waals surface area contributed by atoms with Crippen LogP contribution in [0.3, 0.4) is 0 Å². The van der Waals surface area contributed by atoms with Crippen LogP contribution in [0.25, 0.3) is 0 Å². The van der Waals surface area contributed by atoms with Gasteiger partial charge in [0.25, 0.3) is 0 Å². The number of hydrogen-bond acceptors (Lipinski definition) is 3. The Bertz CT molecular complexity index is 669. The molecule has 2 aliphatic rings. The van der Waals surface area contributed by atoms with Crippen LogP contribution >= 0.6 is 0 Å². The van der Waals surface area contributed by atoms with Crippen molar-refractivity contribution < 1.29 is 14.2 Å². The Labute approximate surface area is 149 Å². The van der Waals surface area contributed by atoms with Crippen LogP contribution in [0.5, 0.6) is 0 Å². The van der Waals surface area contributed by atoms with Gasteiger partial charge in [0.15, 0.2) is 0 Å². The molecule has 4 atom stereocenters. The number of benzene rings is 2. The van der Waals surface area contributed by atoms with Gasteiger partial charge >= 0.3 is 0 Å². The van der Waals surface area contributed by atoms with Gasteiger partial charge < -0.3 is 14.2 Å². The van der Waals surface area contributed by atoms with Crippen molar-refractivity contribution >= 4 is 0 Å². The van der Waals surface area contributed by atoms with E-state index in [0.29, 0.717) is 0 Å². The Kier molecular flexibility index (Phi) is 4.40. The fraction of sp³-hybridized carbons (Fsp3) is 0.455. The van der Waals surface area contributed by atoms with Gasteiger partial charge in [-0.2, -0.15) is 0 Å². The van der Waals surface area contributed by atoms with Gasteiger partial charge in [-0.1, -0.05) is 36.4 Å². The summed E-state index contributed by atoms with van der Waals surface area (Å²) in [6.45, 7) is 10.2. The zero-order chi connectivity index (χ0) is 17.6. The van der Waals surface area contributed by atoms with Crippen LogP contribution in [0.4, 0.5) is 0 Å². The van der Waals surface area contributed by atoms with E-state index in [2.05, 4.69) is 64.1 Å². The van der Waals surface area contributed by atoms with E-state index in [0.717, 1.165) is 13.2 Å². The highest BCUT2D eigenvalue weighted by molar-refractivity contribution is 5.39. The fourth-order valence-corrected chi connectivity index (χ4v) is 3.85. The fourth-order valence-electron chi connectivity index (χ4n) is 3.85. The molecule has 3 nitrogen and oxygen atoms in total. The predicted octanol–water partition coefficient (Wildman–Crippen LogP) is 4.52. The monoisotopic (exact) mass is 338 g/mol. The first-order valence-electron chi connectivity index (χ1n) is 9.07. The highest BCUT2D eigenvalue weighted by Crippen LogP contribution is 2.43. The van der Waals surface area contributed by atoms with E-state index >= 15 is 0 Å². The van der Waals surface area contributed by atoms with Crippen LogP contribution < -0.4 is 0 Å². The lowest BCUT2D eigenvalue weighted by atomic mass is 9.93. The molecule has 0 amide bonds. The minimum Gasteiger partial charge on any atom is -0.370 e. The van der Waals surface area contributed by atoms with Gasteiger partial charge in [-0.3, -0.25) is 0 Å². The third-order valence-electron chi connectivity index (χ3n) is 5.34. The Morgan fingerprint density at radius 1 is 0.720 bits per heavy atom. The van der Waals surface area contributed by atoms with E-state index in [4.69, 9.17) is 14.2 Å².